The van der Waals surface area contributed by atoms with E-state index in [1.807, 2.05) is 0 Å². The number of rotatable bonds is 4. The van der Waals surface area contributed by atoms with Gasteiger partial charge in [0.05, 0.1) is 19.0 Å². The van der Waals surface area contributed by atoms with Crippen LogP contribution in [0.15, 0.2) is 12.1 Å². The van der Waals surface area contributed by atoms with Crippen LogP contribution >= 0.6 is 0 Å². The van der Waals surface area contributed by atoms with Crippen LogP contribution < -0.4 is 0 Å². The Morgan fingerprint density at radius 2 is 2.17 bits per heavy atom. The van der Waals surface area contributed by atoms with E-state index in [1.165, 1.54) is 13.2 Å². The lowest BCUT2D eigenvalue weighted by atomic mass is 9.68. The second kappa shape index (κ2) is 5.95. The highest BCUT2D eigenvalue weighted by atomic mass is 19.1. The molecule has 0 bridgehead atoms. The number of H-pyrrole nitrogens is 1. The molecule has 0 saturated carbocycles. The molecule has 1 aromatic carbocycles. The molecule has 0 radical (unpaired) electrons. The minimum Gasteiger partial charge on any atom is -0.469 e. The first-order valence-electron chi connectivity index (χ1n) is 8.07. The van der Waals surface area contributed by atoms with Gasteiger partial charge in [-0.25, -0.2) is 8.78 Å². The molecule has 0 fully saturated rings. The molecule has 1 N–H and O–H groups in total. The van der Waals surface area contributed by atoms with Gasteiger partial charge in [-0.3, -0.25) is 4.79 Å². The molecule has 23 heavy (non-hydrogen) atoms. The van der Waals surface area contributed by atoms with Crippen molar-refractivity contribution < 1.29 is 18.3 Å². The summed E-state index contributed by atoms with van der Waals surface area (Å²) in [6, 6.07) is 2.25. The molecule has 1 heterocycles. The molecule has 1 aliphatic rings. The maximum absolute atomic E-state index is 14.3. The highest BCUT2D eigenvalue weighted by Crippen LogP contribution is 2.46. The predicted molar refractivity (Wildman–Crippen MR) is 84.4 cm³/mol. The fourth-order valence-corrected chi connectivity index (χ4v) is 4.09. The number of methoxy groups -OCH3 is 1. The number of fused-ring (bicyclic) bond motifs is 3. The van der Waals surface area contributed by atoms with Crippen LogP contribution in [0.5, 0.6) is 0 Å². The zero-order chi connectivity index (χ0) is 16.6. The van der Waals surface area contributed by atoms with Crippen molar-refractivity contribution in [3.05, 3.63) is 35.0 Å². The lowest BCUT2D eigenvalue weighted by Gasteiger charge is -2.36. The molecule has 0 amide bonds. The Labute approximate surface area is 134 Å². The summed E-state index contributed by atoms with van der Waals surface area (Å²) in [6.07, 6.45) is 4.45. The van der Waals surface area contributed by atoms with Crippen molar-refractivity contribution in [3.8, 4) is 0 Å². The molecule has 3 rings (SSSR count). The highest BCUT2D eigenvalue weighted by molar-refractivity contribution is 5.86. The summed E-state index contributed by atoms with van der Waals surface area (Å²) in [4.78, 5) is 15.2. The number of nitrogens with one attached hydrogen (secondary N) is 1. The van der Waals surface area contributed by atoms with Gasteiger partial charge in [0, 0.05) is 22.6 Å². The van der Waals surface area contributed by atoms with Gasteiger partial charge < -0.3 is 9.72 Å². The van der Waals surface area contributed by atoms with E-state index < -0.39 is 11.6 Å². The lowest BCUT2D eigenvalue weighted by Crippen LogP contribution is -2.34. The normalized spacial score (nSPS) is 20.5. The number of benzene rings is 1. The molecule has 0 spiro atoms. The maximum Gasteiger partial charge on any atom is 0.306 e. The summed E-state index contributed by atoms with van der Waals surface area (Å²) < 4.78 is 32.7. The van der Waals surface area contributed by atoms with E-state index in [9.17, 15) is 13.6 Å². The number of carbonyl (C=O) groups excluding carboxylic acids is 1. The zero-order valence-electron chi connectivity index (χ0n) is 13.5. The van der Waals surface area contributed by atoms with Gasteiger partial charge in [-0.05, 0) is 37.3 Å². The third-order valence-corrected chi connectivity index (χ3v) is 4.97. The third-order valence-electron chi connectivity index (χ3n) is 4.97. The largest absolute Gasteiger partial charge is 0.469 e. The molecule has 0 aliphatic heterocycles. The summed E-state index contributed by atoms with van der Waals surface area (Å²) in [5, 5.41) is 0.464. The van der Waals surface area contributed by atoms with Crippen LogP contribution in [-0.4, -0.2) is 18.1 Å². The van der Waals surface area contributed by atoms with Crippen LogP contribution in [0, 0.1) is 11.6 Å². The Balaban J connectivity index is 2.20. The molecule has 3 nitrogen and oxygen atoms in total. The molecule has 0 saturated heterocycles. The number of aromatic nitrogens is 1. The summed E-state index contributed by atoms with van der Waals surface area (Å²) in [7, 11) is 1.38. The maximum atomic E-state index is 14.3. The molecule has 2 aromatic rings. The van der Waals surface area contributed by atoms with Crippen LogP contribution in [-0.2, 0) is 21.4 Å². The number of carbonyl (C=O) groups is 1. The van der Waals surface area contributed by atoms with Gasteiger partial charge in [0.25, 0.3) is 0 Å². The fourth-order valence-electron chi connectivity index (χ4n) is 4.09. The Bertz CT molecular complexity index is 753. The van der Waals surface area contributed by atoms with E-state index in [4.69, 9.17) is 4.74 Å². The van der Waals surface area contributed by atoms with Crippen LogP contribution in [0.4, 0.5) is 8.78 Å². The second-order valence-electron chi connectivity index (χ2n) is 6.43. The summed E-state index contributed by atoms with van der Waals surface area (Å²) in [5.74, 6) is -1.40. The van der Waals surface area contributed by atoms with Crippen molar-refractivity contribution in [2.75, 3.05) is 7.11 Å². The smallest absolute Gasteiger partial charge is 0.306 e. The SMILES string of the molecule is CCCC1(CC(=O)OC)CCCc2c1[nH]c1cc(F)cc(F)c21. The Kier molecular flexibility index (Phi) is 4.13. The zero-order valence-corrected chi connectivity index (χ0v) is 13.5. The van der Waals surface area contributed by atoms with Crippen molar-refractivity contribution in [2.24, 2.45) is 0 Å². The standard InChI is InChI=1S/C18H21F2NO2/c1-3-6-18(10-15(22)23-2)7-4-5-12-16-13(20)8-11(19)9-14(16)21-17(12)18/h8-9,21H,3-7,10H2,1-2H3. The fraction of sp³-hybridized carbons (Fsp3) is 0.500. The van der Waals surface area contributed by atoms with Gasteiger partial charge in [0.1, 0.15) is 11.6 Å². The van der Waals surface area contributed by atoms with E-state index in [0.29, 0.717) is 10.9 Å². The lowest BCUT2D eigenvalue weighted by molar-refractivity contribution is -0.142. The number of aryl methyl sites for hydroxylation is 1. The average molecular weight is 321 g/mol. The van der Waals surface area contributed by atoms with Gasteiger partial charge in [-0.1, -0.05) is 13.3 Å². The van der Waals surface area contributed by atoms with Crippen LogP contribution in [0.2, 0.25) is 0 Å². The Morgan fingerprint density at radius 3 is 2.87 bits per heavy atom. The second-order valence-corrected chi connectivity index (χ2v) is 6.43. The number of hydrogen-bond acceptors (Lipinski definition) is 2. The average Bonchev–Trinajstić information content (AvgIpc) is 2.87. The van der Waals surface area contributed by atoms with Crippen LogP contribution in [0.25, 0.3) is 10.9 Å². The summed E-state index contributed by atoms with van der Waals surface area (Å²) >= 11 is 0. The molecule has 1 unspecified atom stereocenters. The molecular weight excluding hydrogens is 300 g/mol. The van der Waals surface area contributed by atoms with Gasteiger partial charge >= 0.3 is 5.97 Å². The van der Waals surface area contributed by atoms with Crippen molar-refractivity contribution in [2.45, 2.75) is 50.9 Å². The van der Waals surface area contributed by atoms with E-state index in [-0.39, 0.29) is 17.8 Å². The van der Waals surface area contributed by atoms with Crippen LogP contribution in [0.1, 0.15) is 50.3 Å². The molecule has 5 heteroatoms. The topological polar surface area (TPSA) is 42.1 Å². The first kappa shape index (κ1) is 16.0. The van der Waals surface area contributed by atoms with E-state index >= 15 is 0 Å². The van der Waals surface area contributed by atoms with E-state index in [1.54, 1.807) is 0 Å². The molecule has 1 aromatic heterocycles. The van der Waals surface area contributed by atoms with Crippen molar-refractivity contribution in [1.82, 2.24) is 4.98 Å². The summed E-state index contributed by atoms with van der Waals surface area (Å²) in [5.41, 5.74) is 1.87. The van der Waals surface area contributed by atoms with Crippen molar-refractivity contribution in [3.63, 3.8) is 0 Å². The van der Waals surface area contributed by atoms with Gasteiger partial charge in [0.15, 0.2) is 0 Å². The highest BCUT2D eigenvalue weighted by Gasteiger charge is 2.40. The van der Waals surface area contributed by atoms with Gasteiger partial charge in [-0.15, -0.1) is 0 Å². The number of hydrogen-bond donors (Lipinski definition) is 1. The van der Waals surface area contributed by atoms with Crippen LogP contribution in [0.3, 0.4) is 0 Å². The predicted octanol–water partition coefficient (Wildman–Crippen LogP) is 4.38. The summed E-state index contributed by atoms with van der Waals surface area (Å²) in [6.45, 7) is 2.07. The minimum atomic E-state index is -0.595. The number of esters is 1. The Hall–Kier alpha value is -1.91. The van der Waals surface area contributed by atoms with Gasteiger partial charge in [-0.2, -0.15) is 0 Å². The van der Waals surface area contributed by atoms with Gasteiger partial charge in [0.2, 0.25) is 0 Å². The number of halogens is 2. The van der Waals surface area contributed by atoms with Crippen molar-refractivity contribution >= 4 is 16.9 Å². The monoisotopic (exact) mass is 321 g/mol. The van der Waals surface area contributed by atoms with E-state index in [0.717, 1.165) is 49.4 Å². The molecular formula is C18H21F2NO2. The third kappa shape index (κ3) is 2.62. The minimum absolute atomic E-state index is 0.265. The quantitative estimate of drug-likeness (QED) is 0.849. The van der Waals surface area contributed by atoms with Crippen molar-refractivity contribution in [1.29, 1.82) is 0 Å². The first-order valence-corrected chi connectivity index (χ1v) is 8.07. The molecule has 124 valence electrons. The first-order chi connectivity index (χ1) is 11.0. The Morgan fingerprint density at radius 1 is 1.39 bits per heavy atom. The number of ether oxygens (including phenoxy) is 1. The molecule has 1 aliphatic carbocycles. The molecule has 1 atom stereocenters. The van der Waals surface area contributed by atoms with E-state index in [2.05, 4.69) is 11.9 Å². The number of aromatic amines is 1.